The van der Waals surface area contributed by atoms with Crippen LogP contribution in [0.4, 0.5) is 0 Å². The summed E-state index contributed by atoms with van der Waals surface area (Å²) in [5, 5.41) is 0.630. The maximum atomic E-state index is 6.09. The number of thioether (sulfide) groups is 1. The molecule has 1 aromatic rings. The predicted molar refractivity (Wildman–Crippen MR) is 54.5 cm³/mol. The zero-order valence-electron chi connectivity index (χ0n) is 6.77. The molecule has 0 radical (unpaired) electrons. The third kappa shape index (κ3) is 1.65. The predicted octanol–water partition coefficient (Wildman–Crippen LogP) is 2.04. The molecular formula is C8H12N2S2. The van der Waals surface area contributed by atoms with Crippen molar-refractivity contribution < 1.29 is 0 Å². The van der Waals surface area contributed by atoms with Crippen molar-refractivity contribution in [3.8, 4) is 0 Å². The average molecular weight is 200 g/mol. The van der Waals surface area contributed by atoms with Crippen LogP contribution in [0, 0.1) is 0 Å². The number of aromatic nitrogens is 1. The minimum Gasteiger partial charge on any atom is -0.322 e. The summed E-state index contributed by atoms with van der Waals surface area (Å²) < 4.78 is 4.07. The first-order chi connectivity index (χ1) is 5.88. The van der Waals surface area contributed by atoms with E-state index >= 15 is 0 Å². The molecule has 2 unspecified atom stereocenters. The molecule has 0 spiro atoms. The molecular weight excluding hydrogens is 188 g/mol. The van der Waals surface area contributed by atoms with Gasteiger partial charge in [0.25, 0.3) is 0 Å². The minimum atomic E-state index is 0.213. The molecule has 2 nitrogen and oxygen atoms in total. The largest absolute Gasteiger partial charge is 0.322 e. The van der Waals surface area contributed by atoms with Gasteiger partial charge >= 0.3 is 0 Å². The summed E-state index contributed by atoms with van der Waals surface area (Å²) in [4.78, 5) is 1.23. The van der Waals surface area contributed by atoms with Crippen LogP contribution in [0.25, 0.3) is 0 Å². The molecule has 1 fully saturated rings. The van der Waals surface area contributed by atoms with Gasteiger partial charge in [-0.15, -0.1) is 0 Å². The third-order valence-corrected chi connectivity index (χ3v) is 4.48. The van der Waals surface area contributed by atoms with E-state index < -0.39 is 0 Å². The van der Waals surface area contributed by atoms with Gasteiger partial charge < -0.3 is 5.73 Å². The highest BCUT2D eigenvalue weighted by molar-refractivity contribution is 8.00. The zero-order valence-corrected chi connectivity index (χ0v) is 8.40. The van der Waals surface area contributed by atoms with Crippen LogP contribution in [-0.2, 0) is 0 Å². The van der Waals surface area contributed by atoms with E-state index in [-0.39, 0.29) is 6.04 Å². The van der Waals surface area contributed by atoms with Crippen LogP contribution in [0.3, 0.4) is 0 Å². The van der Waals surface area contributed by atoms with Crippen LogP contribution < -0.4 is 5.73 Å². The maximum absolute atomic E-state index is 6.09. The quantitative estimate of drug-likeness (QED) is 0.794. The van der Waals surface area contributed by atoms with Crippen LogP contribution in [0.2, 0.25) is 0 Å². The lowest BCUT2D eigenvalue weighted by atomic mass is 10.1. The van der Waals surface area contributed by atoms with Crippen molar-refractivity contribution in [2.24, 2.45) is 5.73 Å². The molecule has 1 aliphatic heterocycles. The molecule has 2 N–H and O–H groups in total. The van der Waals surface area contributed by atoms with E-state index in [1.165, 1.54) is 35.0 Å². The van der Waals surface area contributed by atoms with Gasteiger partial charge in [0.1, 0.15) is 0 Å². The van der Waals surface area contributed by atoms with Crippen molar-refractivity contribution in [3.63, 3.8) is 0 Å². The Labute approximate surface area is 80.7 Å². The highest BCUT2D eigenvalue weighted by Gasteiger charge is 2.24. The first kappa shape index (κ1) is 8.53. The van der Waals surface area contributed by atoms with E-state index in [4.69, 9.17) is 5.73 Å². The van der Waals surface area contributed by atoms with Gasteiger partial charge in [-0.1, -0.05) is 0 Å². The first-order valence-electron chi connectivity index (χ1n) is 4.15. The Morgan fingerprint density at radius 2 is 2.58 bits per heavy atom. The van der Waals surface area contributed by atoms with Gasteiger partial charge in [0.05, 0.1) is 6.04 Å². The molecule has 1 aromatic heterocycles. The Balaban J connectivity index is 2.04. The van der Waals surface area contributed by atoms with Crippen LogP contribution in [-0.4, -0.2) is 15.4 Å². The van der Waals surface area contributed by atoms with E-state index in [9.17, 15) is 0 Å². The van der Waals surface area contributed by atoms with Crippen molar-refractivity contribution in [1.29, 1.82) is 0 Å². The van der Waals surface area contributed by atoms with Gasteiger partial charge in [-0.3, -0.25) is 0 Å². The molecule has 0 amide bonds. The third-order valence-electron chi connectivity index (χ3n) is 2.15. The van der Waals surface area contributed by atoms with Crippen molar-refractivity contribution in [2.75, 3.05) is 5.75 Å². The molecule has 66 valence electrons. The Bertz CT molecular complexity index is 229. The first-order valence-corrected chi connectivity index (χ1v) is 5.98. The molecule has 0 saturated carbocycles. The molecule has 2 heterocycles. The van der Waals surface area contributed by atoms with Gasteiger partial charge in [0.2, 0.25) is 0 Å². The molecule has 2 atom stereocenters. The van der Waals surface area contributed by atoms with Gasteiger partial charge in [-0.2, -0.15) is 11.8 Å². The lowest BCUT2D eigenvalue weighted by Gasteiger charge is -2.15. The van der Waals surface area contributed by atoms with Crippen molar-refractivity contribution in [2.45, 2.75) is 24.1 Å². The summed E-state index contributed by atoms with van der Waals surface area (Å²) in [6.07, 6.45) is 4.42. The fraction of sp³-hybridized carbons (Fsp3) is 0.625. The molecule has 0 bridgehead atoms. The van der Waals surface area contributed by atoms with E-state index in [1.54, 1.807) is 0 Å². The van der Waals surface area contributed by atoms with Crippen LogP contribution in [0.5, 0.6) is 0 Å². The van der Waals surface area contributed by atoms with Crippen LogP contribution in [0.1, 0.15) is 23.8 Å². The Kier molecular flexibility index (Phi) is 2.68. The van der Waals surface area contributed by atoms with Gasteiger partial charge in [-0.05, 0) is 36.2 Å². The summed E-state index contributed by atoms with van der Waals surface area (Å²) in [6.45, 7) is 0. The van der Waals surface area contributed by atoms with Gasteiger partial charge in [0, 0.05) is 16.3 Å². The summed E-state index contributed by atoms with van der Waals surface area (Å²) >= 11 is 3.53. The number of rotatable bonds is 2. The SMILES string of the molecule is NC(c1ccns1)C1CCCS1. The second-order valence-corrected chi connectivity index (χ2v) is 5.20. The number of hydrogen-bond acceptors (Lipinski definition) is 4. The lowest BCUT2D eigenvalue weighted by molar-refractivity contribution is 0.655. The maximum Gasteiger partial charge on any atom is 0.0526 e. The molecule has 12 heavy (non-hydrogen) atoms. The Morgan fingerprint density at radius 3 is 3.17 bits per heavy atom. The van der Waals surface area contributed by atoms with E-state index in [0.717, 1.165) is 0 Å². The fourth-order valence-electron chi connectivity index (χ4n) is 1.47. The lowest BCUT2D eigenvalue weighted by Crippen LogP contribution is -2.20. The normalized spacial score (nSPS) is 25.9. The highest BCUT2D eigenvalue weighted by atomic mass is 32.2. The molecule has 1 saturated heterocycles. The van der Waals surface area contributed by atoms with Crippen LogP contribution in [0.15, 0.2) is 12.3 Å². The second kappa shape index (κ2) is 3.77. The fourth-order valence-corrected chi connectivity index (χ4v) is 3.53. The van der Waals surface area contributed by atoms with Gasteiger partial charge in [-0.25, -0.2) is 4.37 Å². The number of nitrogens with zero attached hydrogens (tertiary/aromatic N) is 1. The molecule has 1 aliphatic rings. The molecule has 2 rings (SSSR count). The zero-order chi connectivity index (χ0) is 8.39. The standard InChI is InChI=1S/C8H12N2S2/c9-8(6-2-1-5-11-6)7-3-4-10-12-7/h3-4,6,8H,1-2,5,9H2. The molecule has 0 aromatic carbocycles. The molecule has 0 aliphatic carbocycles. The second-order valence-electron chi connectivity index (χ2n) is 2.99. The summed E-state index contributed by atoms with van der Waals surface area (Å²) in [5.41, 5.74) is 6.09. The Hall–Kier alpha value is -0.0600. The van der Waals surface area contributed by atoms with Crippen molar-refractivity contribution in [3.05, 3.63) is 17.1 Å². The van der Waals surface area contributed by atoms with Gasteiger partial charge in [0.15, 0.2) is 0 Å². The minimum absolute atomic E-state index is 0.213. The Morgan fingerprint density at radius 1 is 1.67 bits per heavy atom. The van der Waals surface area contributed by atoms with E-state index in [1.807, 2.05) is 24.0 Å². The van der Waals surface area contributed by atoms with E-state index in [0.29, 0.717) is 5.25 Å². The van der Waals surface area contributed by atoms with Crippen molar-refractivity contribution in [1.82, 2.24) is 4.37 Å². The van der Waals surface area contributed by atoms with Crippen LogP contribution >= 0.6 is 23.3 Å². The topological polar surface area (TPSA) is 38.9 Å². The van der Waals surface area contributed by atoms with E-state index in [2.05, 4.69) is 4.37 Å². The number of hydrogen-bond donors (Lipinski definition) is 1. The smallest absolute Gasteiger partial charge is 0.0526 e. The average Bonchev–Trinajstić information content (AvgIpc) is 2.77. The summed E-state index contributed by atoms with van der Waals surface area (Å²) in [7, 11) is 0. The monoisotopic (exact) mass is 200 g/mol. The summed E-state index contributed by atoms with van der Waals surface area (Å²) in [5.74, 6) is 1.27. The van der Waals surface area contributed by atoms with Crippen molar-refractivity contribution >= 4 is 23.3 Å². The molecule has 4 heteroatoms. The highest BCUT2D eigenvalue weighted by Crippen LogP contribution is 2.35. The number of nitrogens with two attached hydrogens (primary N) is 1. The summed E-state index contributed by atoms with van der Waals surface area (Å²) in [6, 6.07) is 2.25.